The van der Waals surface area contributed by atoms with Gasteiger partial charge in [0.25, 0.3) is 0 Å². The summed E-state index contributed by atoms with van der Waals surface area (Å²) >= 11 is 0. The fraction of sp³-hybridized carbons (Fsp3) is 0.143. The summed E-state index contributed by atoms with van der Waals surface area (Å²) in [4.78, 5) is 0. The first-order chi connectivity index (χ1) is 9.54. The van der Waals surface area contributed by atoms with Gasteiger partial charge in [-0.2, -0.15) is 0 Å². The number of nitrogens with one attached hydrogen (secondary N) is 2. The predicted octanol–water partition coefficient (Wildman–Crippen LogP) is 3.48. The van der Waals surface area contributed by atoms with Gasteiger partial charge in [0.2, 0.25) is 7.98 Å². The molecule has 2 N–H and O–H groups in total. The summed E-state index contributed by atoms with van der Waals surface area (Å²) in [5.74, 6) is -0.988. The standard InChI is InChI=1S/C14H11BF2N2O/c1-6-3-4-8-10-9(18-19-15)5-7(2)12(17)14(10)20-13(8)11(6)16/h3-5,18-19H,1-2H3. The lowest BCUT2D eigenvalue weighted by molar-refractivity contribution is 0.552. The summed E-state index contributed by atoms with van der Waals surface area (Å²) in [5.41, 5.74) is 4.13. The van der Waals surface area contributed by atoms with E-state index >= 15 is 0 Å². The average Bonchev–Trinajstić information content (AvgIpc) is 2.81. The van der Waals surface area contributed by atoms with Crippen molar-refractivity contribution in [3.05, 3.63) is 41.0 Å². The normalized spacial score (nSPS) is 11.4. The third-order valence-corrected chi connectivity index (χ3v) is 3.37. The average molecular weight is 272 g/mol. The van der Waals surface area contributed by atoms with Gasteiger partial charge >= 0.3 is 0 Å². The molecule has 0 fully saturated rings. The molecular weight excluding hydrogens is 261 g/mol. The second kappa shape index (κ2) is 4.49. The van der Waals surface area contributed by atoms with Gasteiger partial charge in [0.15, 0.2) is 22.8 Å². The molecule has 0 saturated heterocycles. The molecule has 100 valence electrons. The first-order valence-corrected chi connectivity index (χ1v) is 6.06. The van der Waals surface area contributed by atoms with Crippen LogP contribution in [-0.4, -0.2) is 7.98 Å². The molecule has 0 amide bonds. The Balaban J connectivity index is 2.52. The Morgan fingerprint density at radius 1 is 1.05 bits per heavy atom. The van der Waals surface area contributed by atoms with Crippen molar-refractivity contribution in [2.75, 3.05) is 5.43 Å². The zero-order valence-electron chi connectivity index (χ0n) is 11.0. The van der Waals surface area contributed by atoms with E-state index in [9.17, 15) is 8.78 Å². The Hall–Kier alpha value is -2.08. The van der Waals surface area contributed by atoms with Crippen LogP contribution in [-0.2, 0) is 0 Å². The molecule has 0 spiro atoms. The van der Waals surface area contributed by atoms with Crippen LogP contribution in [0.15, 0.2) is 22.6 Å². The molecule has 1 heterocycles. The molecule has 0 aliphatic rings. The van der Waals surface area contributed by atoms with Gasteiger partial charge in [0.1, 0.15) is 0 Å². The highest BCUT2D eigenvalue weighted by atomic mass is 19.1. The van der Waals surface area contributed by atoms with Crippen LogP contribution in [0.3, 0.4) is 0 Å². The number of hydrogen-bond donors (Lipinski definition) is 2. The summed E-state index contributed by atoms with van der Waals surface area (Å²) in [6.07, 6.45) is 0. The largest absolute Gasteiger partial charge is 0.450 e. The van der Waals surface area contributed by atoms with E-state index in [2.05, 4.69) is 10.8 Å². The van der Waals surface area contributed by atoms with E-state index in [-0.39, 0.29) is 11.2 Å². The number of hydrazine groups is 1. The van der Waals surface area contributed by atoms with Crippen LogP contribution in [0.1, 0.15) is 11.1 Å². The van der Waals surface area contributed by atoms with Gasteiger partial charge in [0, 0.05) is 5.39 Å². The van der Waals surface area contributed by atoms with E-state index in [1.165, 1.54) is 0 Å². The molecule has 0 atom stereocenters. The number of furan rings is 1. The number of halogens is 2. The summed E-state index contributed by atoms with van der Waals surface area (Å²) in [6.45, 7) is 3.23. The lowest BCUT2D eigenvalue weighted by Crippen LogP contribution is -2.17. The zero-order chi connectivity index (χ0) is 14.4. The van der Waals surface area contributed by atoms with E-state index in [0.29, 0.717) is 27.6 Å². The lowest BCUT2D eigenvalue weighted by Gasteiger charge is -2.08. The molecule has 20 heavy (non-hydrogen) atoms. The van der Waals surface area contributed by atoms with Crippen LogP contribution < -0.4 is 10.8 Å². The maximum Gasteiger partial charge on any atom is 0.209 e. The van der Waals surface area contributed by atoms with Crippen molar-refractivity contribution in [2.24, 2.45) is 0 Å². The number of aryl methyl sites for hydroxylation is 2. The van der Waals surface area contributed by atoms with Crippen molar-refractivity contribution < 1.29 is 13.2 Å². The van der Waals surface area contributed by atoms with Gasteiger partial charge in [-0.25, -0.2) is 8.78 Å². The maximum atomic E-state index is 14.2. The second-order valence-electron chi connectivity index (χ2n) is 4.70. The van der Waals surface area contributed by atoms with Gasteiger partial charge < -0.3 is 9.84 Å². The summed E-state index contributed by atoms with van der Waals surface area (Å²) in [7, 11) is 5.25. The number of fused-ring (bicyclic) bond motifs is 3. The second-order valence-corrected chi connectivity index (χ2v) is 4.70. The van der Waals surface area contributed by atoms with Gasteiger partial charge in [-0.1, -0.05) is 6.07 Å². The molecule has 0 bridgehead atoms. The van der Waals surface area contributed by atoms with Gasteiger partial charge in [-0.3, -0.25) is 5.34 Å². The smallest absolute Gasteiger partial charge is 0.209 e. The fourth-order valence-electron chi connectivity index (χ4n) is 2.36. The molecule has 0 aliphatic carbocycles. The van der Waals surface area contributed by atoms with E-state index in [0.717, 1.165) is 0 Å². The van der Waals surface area contributed by atoms with E-state index in [1.54, 1.807) is 32.0 Å². The van der Waals surface area contributed by atoms with Gasteiger partial charge in [-0.05, 0) is 37.1 Å². The van der Waals surface area contributed by atoms with E-state index in [1.807, 2.05) is 0 Å². The summed E-state index contributed by atoms with van der Waals surface area (Å²) in [5, 5.41) is 3.25. The van der Waals surface area contributed by atoms with E-state index in [4.69, 9.17) is 12.4 Å². The molecule has 0 aliphatic heterocycles. The molecule has 3 rings (SSSR count). The molecule has 2 radical (unpaired) electrons. The first kappa shape index (κ1) is 12.9. The van der Waals surface area contributed by atoms with Crippen molar-refractivity contribution in [1.82, 2.24) is 5.34 Å². The monoisotopic (exact) mass is 272 g/mol. The topological polar surface area (TPSA) is 37.2 Å². The molecule has 2 aromatic carbocycles. The number of anilines is 1. The third kappa shape index (κ3) is 1.68. The van der Waals surface area contributed by atoms with Crippen molar-refractivity contribution in [3.8, 4) is 0 Å². The Bertz CT molecular complexity index is 829. The van der Waals surface area contributed by atoms with Gasteiger partial charge in [0.05, 0.1) is 11.1 Å². The van der Waals surface area contributed by atoms with Crippen LogP contribution in [0, 0.1) is 25.5 Å². The van der Waals surface area contributed by atoms with Crippen LogP contribution in [0.25, 0.3) is 21.9 Å². The molecular formula is C14H11BF2N2O. The highest BCUT2D eigenvalue weighted by molar-refractivity contribution is 6.13. The minimum atomic E-state index is -0.504. The summed E-state index contributed by atoms with van der Waals surface area (Å²) < 4.78 is 33.7. The molecule has 3 aromatic rings. The SMILES string of the molecule is [B]NNc1cc(C)c(F)c2oc3c(F)c(C)ccc3c12. The minimum Gasteiger partial charge on any atom is -0.450 e. The van der Waals surface area contributed by atoms with Crippen LogP contribution >= 0.6 is 0 Å². The Labute approximate surface area is 115 Å². The quantitative estimate of drug-likeness (QED) is 0.554. The van der Waals surface area contributed by atoms with Crippen molar-refractivity contribution in [1.29, 1.82) is 0 Å². The molecule has 3 nitrogen and oxygen atoms in total. The molecule has 0 saturated carbocycles. The van der Waals surface area contributed by atoms with Crippen LogP contribution in [0.5, 0.6) is 0 Å². The molecule has 1 aromatic heterocycles. The Kier molecular flexibility index (Phi) is 2.90. The van der Waals surface area contributed by atoms with Crippen LogP contribution in [0.2, 0.25) is 0 Å². The first-order valence-electron chi connectivity index (χ1n) is 6.06. The van der Waals surface area contributed by atoms with Crippen molar-refractivity contribution in [2.45, 2.75) is 13.8 Å². The predicted molar refractivity (Wildman–Crippen MR) is 75.6 cm³/mol. The number of rotatable bonds is 2. The van der Waals surface area contributed by atoms with Crippen molar-refractivity contribution >= 4 is 35.6 Å². The minimum absolute atomic E-state index is 0.0160. The van der Waals surface area contributed by atoms with E-state index < -0.39 is 11.6 Å². The molecule has 6 heteroatoms. The molecule has 0 unspecified atom stereocenters. The maximum absolute atomic E-state index is 14.2. The zero-order valence-corrected chi connectivity index (χ0v) is 11.0. The summed E-state index contributed by atoms with van der Waals surface area (Å²) in [6, 6.07) is 4.92. The fourth-order valence-corrected chi connectivity index (χ4v) is 2.36. The van der Waals surface area contributed by atoms with Gasteiger partial charge in [-0.15, -0.1) is 0 Å². The Morgan fingerprint density at radius 3 is 2.45 bits per heavy atom. The Morgan fingerprint density at radius 2 is 1.75 bits per heavy atom. The lowest BCUT2D eigenvalue weighted by atomic mass is 10.1. The third-order valence-electron chi connectivity index (χ3n) is 3.37. The highest BCUT2D eigenvalue weighted by Crippen LogP contribution is 2.38. The number of benzene rings is 2. The highest BCUT2D eigenvalue weighted by Gasteiger charge is 2.20. The van der Waals surface area contributed by atoms with Crippen LogP contribution in [0.4, 0.5) is 14.5 Å². The number of hydrogen-bond acceptors (Lipinski definition) is 3. The van der Waals surface area contributed by atoms with Crippen molar-refractivity contribution in [3.63, 3.8) is 0 Å².